The largest absolute Gasteiger partial charge is 0.352 e. The number of likely N-dealkylation sites (tertiary alicyclic amines) is 1. The van der Waals surface area contributed by atoms with Crippen LogP contribution in [0.15, 0.2) is 29.2 Å². The molecule has 0 radical (unpaired) electrons. The molecule has 0 aliphatic carbocycles. The summed E-state index contributed by atoms with van der Waals surface area (Å²) in [5, 5.41) is 2.92. The molecule has 1 saturated heterocycles. The van der Waals surface area contributed by atoms with Gasteiger partial charge in [0.05, 0.1) is 5.75 Å². The third kappa shape index (κ3) is 5.57. The number of hydrogen-bond donors (Lipinski definition) is 1. The Morgan fingerprint density at radius 2 is 2.00 bits per heavy atom. The fourth-order valence-electron chi connectivity index (χ4n) is 2.79. The molecular weight excluding hydrogens is 308 g/mol. The van der Waals surface area contributed by atoms with Crippen molar-refractivity contribution in [3.63, 3.8) is 0 Å². The number of hydrogen-bond acceptors (Lipinski definition) is 3. The number of thioether (sulfide) groups is 1. The van der Waals surface area contributed by atoms with E-state index in [0.29, 0.717) is 18.2 Å². The van der Waals surface area contributed by atoms with Crippen molar-refractivity contribution in [2.75, 3.05) is 18.8 Å². The molecule has 1 aromatic rings. The Kier molecular flexibility index (Phi) is 6.51. The molecule has 1 N–H and O–H groups in total. The first kappa shape index (κ1) is 17.9. The van der Waals surface area contributed by atoms with Crippen LogP contribution < -0.4 is 5.32 Å². The van der Waals surface area contributed by atoms with Gasteiger partial charge in [0.25, 0.3) is 0 Å². The average molecular weight is 334 g/mol. The van der Waals surface area contributed by atoms with Crippen LogP contribution >= 0.6 is 11.8 Å². The van der Waals surface area contributed by atoms with E-state index in [1.54, 1.807) is 11.8 Å². The first-order valence-corrected chi connectivity index (χ1v) is 9.22. The molecule has 0 bridgehead atoms. The molecule has 1 atom stereocenters. The van der Waals surface area contributed by atoms with Gasteiger partial charge in [0.2, 0.25) is 11.8 Å². The van der Waals surface area contributed by atoms with E-state index in [2.05, 4.69) is 43.4 Å². The quantitative estimate of drug-likeness (QED) is 0.842. The lowest BCUT2D eigenvalue weighted by Crippen LogP contribution is -2.49. The summed E-state index contributed by atoms with van der Waals surface area (Å²) in [6, 6.07) is 8.53. The minimum atomic E-state index is -0.0242. The minimum absolute atomic E-state index is 0.0242. The van der Waals surface area contributed by atoms with Crippen molar-refractivity contribution in [3.8, 4) is 0 Å². The topological polar surface area (TPSA) is 49.4 Å². The van der Waals surface area contributed by atoms with Gasteiger partial charge in [-0.3, -0.25) is 9.59 Å². The van der Waals surface area contributed by atoms with Crippen molar-refractivity contribution in [2.45, 2.75) is 50.5 Å². The van der Waals surface area contributed by atoms with Gasteiger partial charge in [-0.25, -0.2) is 0 Å². The highest BCUT2D eigenvalue weighted by Crippen LogP contribution is 2.22. The van der Waals surface area contributed by atoms with E-state index in [1.807, 2.05) is 4.90 Å². The molecule has 2 amide bonds. The zero-order chi connectivity index (χ0) is 16.8. The molecule has 1 unspecified atom stereocenters. The van der Waals surface area contributed by atoms with Crippen molar-refractivity contribution in [3.05, 3.63) is 29.8 Å². The van der Waals surface area contributed by atoms with Gasteiger partial charge in [0.15, 0.2) is 0 Å². The molecule has 0 saturated carbocycles. The highest BCUT2D eigenvalue weighted by atomic mass is 32.2. The molecule has 23 heavy (non-hydrogen) atoms. The summed E-state index contributed by atoms with van der Waals surface area (Å²) in [6.07, 6.45) is 1.90. The second-order valence-corrected chi connectivity index (χ2v) is 7.44. The number of nitrogens with zero attached hydrogens (tertiary/aromatic N) is 1. The van der Waals surface area contributed by atoms with Crippen LogP contribution in [0.1, 0.15) is 45.1 Å². The van der Waals surface area contributed by atoms with E-state index in [4.69, 9.17) is 0 Å². The van der Waals surface area contributed by atoms with Gasteiger partial charge in [-0.05, 0) is 36.5 Å². The summed E-state index contributed by atoms with van der Waals surface area (Å²) in [6.45, 7) is 7.30. The van der Waals surface area contributed by atoms with E-state index >= 15 is 0 Å². The van der Waals surface area contributed by atoms with Gasteiger partial charge in [0.1, 0.15) is 0 Å². The third-order valence-electron chi connectivity index (χ3n) is 4.09. The van der Waals surface area contributed by atoms with Gasteiger partial charge in [0, 0.05) is 31.0 Å². The number of benzene rings is 1. The van der Waals surface area contributed by atoms with E-state index < -0.39 is 0 Å². The van der Waals surface area contributed by atoms with Gasteiger partial charge in [-0.1, -0.05) is 26.0 Å². The van der Waals surface area contributed by atoms with Gasteiger partial charge in [-0.15, -0.1) is 11.8 Å². The molecule has 1 heterocycles. The minimum Gasteiger partial charge on any atom is -0.352 e. The standard InChI is InChI=1S/C18H26N2O2S/c1-13(2)15-6-8-17(9-7-15)23-12-18(22)20-10-4-5-16(11-20)19-14(3)21/h6-9,13,16H,4-5,10-12H2,1-3H3,(H,19,21). The maximum atomic E-state index is 12.4. The van der Waals surface area contributed by atoms with Crippen LogP contribution in [-0.4, -0.2) is 41.6 Å². The molecule has 2 rings (SSSR count). The van der Waals surface area contributed by atoms with E-state index in [-0.39, 0.29) is 17.9 Å². The van der Waals surface area contributed by atoms with Crippen molar-refractivity contribution in [1.29, 1.82) is 0 Å². The zero-order valence-electron chi connectivity index (χ0n) is 14.2. The van der Waals surface area contributed by atoms with E-state index in [1.165, 1.54) is 12.5 Å². The number of piperidine rings is 1. The summed E-state index contributed by atoms with van der Waals surface area (Å²) in [4.78, 5) is 26.5. The van der Waals surface area contributed by atoms with E-state index in [9.17, 15) is 9.59 Å². The van der Waals surface area contributed by atoms with Crippen molar-refractivity contribution < 1.29 is 9.59 Å². The summed E-state index contributed by atoms with van der Waals surface area (Å²) in [5.41, 5.74) is 1.31. The fourth-order valence-corrected chi connectivity index (χ4v) is 3.60. The van der Waals surface area contributed by atoms with Crippen molar-refractivity contribution >= 4 is 23.6 Å². The highest BCUT2D eigenvalue weighted by Gasteiger charge is 2.23. The first-order chi connectivity index (χ1) is 11.0. The van der Waals surface area contributed by atoms with Crippen LogP contribution in [0.4, 0.5) is 0 Å². The fraction of sp³-hybridized carbons (Fsp3) is 0.556. The Hall–Kier alpha value is -1.49. The molecule has 1 fully saturated rings. The summed E-state index contributed by atoms with van der Waals surface area (Å²) in [7, 11) is 0. The second kappa shape index (κ2) is 8.39. The second-order valence-electron chi connectivity index (χ2n) is 6.39. The highest BCUT2D eigenvalue weighted by molar-refractivity contribution is 8.00. The third-order valence-corrected chi connectivity index (χ3v) is 5.09. The molecule has 4 nitrogen and oxygen atoms in total. The summed E-state index contributed by atoms with van der Waals surface area (Å²) < 4.78 is 0. The lowest BCUT2D eigenvalue weighted by atomic mass is 10.0. The Bertz CT molecular complexity index is 542. The molecule has 1 aliphatic rings. The van der Waals surface area contributed by atoms with Crippen LogP contribution in [0.5, 0.6) is 0 Å². The molecule has 0 aromatic heterocycles. The van der Waals surface area contributed by atoms with E-state index in [0.717, 1.165) is 24.3 Å². The van der Waals surface area contributed by atoms with Gasteiger partial charge < -0.3 is 10.2 Å². The van der Waals surface area contributed by atoms with Crippen LogP contribution in [0, 0.1) is 0 Å². The Labute approximate surface area is 143 Å². The Morgan fingerprint density at radius 3 is 2.61 bits per heavy atom. The maximum absolute atomic E-state index is 12.4. The van der Waals surface area contributed by atoms with Crippen LogP contribution in [0.3, 0.4) is 0 Å². The lowest BCUT2D eigenvalue weighted by Gasteiger charge is -2.33. The molecular formula is C18H26N2O2S. The molecule has 5 heteroatoms. The normalized spacial score (nSPS) is 18.1. The zero-order valence-corrected chi connectivity index (χ0v) is 15.0. The van der Waals surface area contributed by atoms with Crippen LogP contribution in [-0.2, 0) is 9.59 Å². The predicted molar refractivity (Wildman–Crippen MR) is 94.7 cm³/mol. The number of amides is 2. The Morgan fingerprint density at radius 1 is 1.30 bits per heavy atom. The molecule has 1 aliphatic heterocycles. The molecule has 0 spiro atoms. The number of carbonyl (C=O) groups is 2. The molecule has 126 valence electrons. The smallest absolute Gasteiger partial charge is 0.233 e. The van der Waals surface area contributed by atoms with Crippen molar-refractivity contribution in [1.82, 2.24) is 10.2 Å². The van der Waals surface area contributed by atoms with Gasteiger partial charge in [-0.2, -0.15) is 0 Å². The van der Waals surface area contributed by atoms with Crippen LogP contribution in [0.2, 0.25) is 0 Å². The number of nitrogens with one attached hydrogen (secondary N) is 1. The lowest BCUT2D eigenvalue weighted by molar-refractivity contribution is -0.130. The first-order valence-electron chi connectivity index (χ1n) is 8.23. The predicted octanol–water partition coefficient (Wildman–Crippen LogP) is 3.03. The Balaban J connectivity index is 1.83. The van der Waals surface area contributed by atoms with Gasteiger partial charge >= 0.3 is 0 Å². The van der Waals surface area contributed by atoms with Crippen LogP contribution in [0.25, 0.3) is 0 Å². The maximum Gasteiger partial charge on any atom is 0.233 e. The summed E-state index contributed by atoms with van der Waals surface area (Å²) in [5.74, 6) is 1.10. The summed E-state index contributed by atoms with van der Waals surface area (Å²) >= 11 is 1.58. The monoisotopic (exact) mass is 334 g/mol. The number of carbonyl (C=O) groups excluding carboxylic acids is 2. The SMILES string of the molecule is CC(=O)NC1CCCN(C(=O)CSc2ccc(C(C)C)cc2)C1. The number of rotatable bonds is 5. The molecule has 1 aromatic carbocycles. The average Bonchev–Trinajstić information content (AvgIpc) is 2.52. The van der Waals surface area contributed by atoms with Crippen molar-refractivity contribution in [2.24, 2.45) is 0 Å².